The molecule has 0 unspecified atom stereocenters. The first-order valence-electron chi connectivity index (χ1n) is 6.11. The van der Waals surface area contributed by atoms with Crippen molar-refractivity contribution in [2.75, 3.05) is 14.2 Å². The Labute approximate surface area is 122 Å². The first-order chi connectivity index (χ1) is 9.63. The number of carbonyl (C=O) groups excluding carboxylic acids is 1. The van der Waals surface area contributed by atoms with E-state index in [-0.39, 0.29) is 5.78 Å². The number of carbonyl (C=O) groups is 1. The maximum absolute atomic E-state index is 12.7. The Hall–Kier alpha value is -2.01. The molecule has 0 saturated heterocycles. The van der Waals surface area contributed by atoms with Gasteiger partial charge in [-0.2, -0.15) is 5.10 Å². The molecule has 106 valence electrons. The van der Waals surface area contributed by atoms with E-state index in [1.807, 2.05) is 6.92 Å². The number of benzene rings is 1. The van der Waals surface area contributed by atoms with Crippen molar-refractivity contribution < 1.29 is 14.3 Å². The van der Waals surface area contributed by atoms with Gasteiger partial charge in [-0.1, -0.05) is 17.7 Å². The van der Waals surface area contributed by atoms with Gasteiger partial charge in [-0.05, 0) is 19.1 Å². The van der Waals surface area contributed by atoms with Crippen LogP contribution in [0.1, 0.15) is 23.0 Å². The minimum Gasteiger partial charge on any atom is -0.493 e. The zero-order valence-corrected chi connectivity index (χ0v) is 12.3. The lowest BCUT2D eigenvalue weighted by atomic mass is 10.1. The first-order valence-corrected chi connectivity index (χ1v) is 6.48. The van der Waals surface area contributed by atoms with Crippen LogP contribution in [0.3, 0.4) is 0 Å². The Morgan fingerprint density at radius 1 is 1.35 bits per heavy atom. The Bertz CT molecular complexity index is 637. The molecule has 1 heterocycles. The normalized spacial score (nSPS) is 10.4. The van der Waals surface area contributed by atoms with E-state index in [9.17, 15) is 4.79 Å². The average molecular weight is 295 g/mol. The second kappa shape index (κ2) is 5.96. The number of aromatic nitrogens is 2. The number of rotatable bonds is 5. The topological polar surface area (TPSA) is 53.4 Å². The van der Waals surface area contributed by atoms with Gasteiger partial charge in [0.25, 0.3) is 0 Å². The fourth-order valence-corrected chi connectivity index (χ4v) is 2.25. The van der Waals surface area contributed by atoms with Gasteiger partial charge in [0.1, 0.15) is 5.69 Å². The van der Waals surface area contributed by atoms with Crippen LogP contribution in [0.15, 0.2) is 24.4 Å². The Kier molecular flexibility index (Phi) is 4.29. The fourth-order valence-electron chi connectivity index (χ4n) is 2.02. The number of nitrogens with zero attached hydrogens (tertiary/aromatic N) is 2. The lowest BCUT2D eigenvalue weighted by Gasteiger charge is -2.12. The number of para-hydroxylation sites is 1. The molecule has 0 saturated carbocycles. The van der Waals surface area contributed by atoms with Crippen LogP contribution in [0.25, 0.3) is 0 Å². The number of methoxy groups -OCH3 is 2. The van der Waals surface area contributed by atoms with Crippen LogP contribution >= 0.6 is 11.6 Å². The molecule has 0 fully saturated rings. The zero-order chi connectivity index (χ0) is 14.7. The molecule has 20 heavy (non-hydrogen) atoms. The van der Waals surface area contributed by atoms with E-state index in [1.54, 1.807) is 22.9 Å². The van der Waals surface area contributed by atoms with E-state index in [1.165, 1.54) is 20.4 Å². The Balaban J connectivity index is 2.56. The number of aryl methyl sites for hydroxylation is 1. The SMILES string of the molecule is CCn1ncc(Cl)c1C(=O)c1cccc(OC)c1OC. The second-order valence-corrected chi connectivity index (χ2v) is 4.43. The van der Waals surface area contributed by atoms with E-state index >= 15 is 0 Å². The molecule has 2 rings (SSSR count). The molecule has 0 aliphatic heterocycles. The molecule has 1 aromatic carbocycles. The molecular formula is C14H15ClN2O3. The van der Waals surface area contributed by atoms with E-state index in [0.717, 1.165) is 0 Å². The van der Waals surface area contributed by atoms with E-state index in [0.29, 0.717) is 34.3 Å². The van der Waals surface area contributed by atoms with Crippen LogP contribution in [0.4, 0.5) is 0 Å². The van der Waals surface area contributed by atoms with Crippen LogP contribution in [-0.4, -0.2) is 29.8 Å². The monoisotopic (exact) mass is 294 g/mol. The maximum Gasteiger partial charge on any atom is 0.216 e. The predicted molar refractivity (Wildman–Crippen MR) is 75.9 cm³/mol. The van der Waals surface area contributed by atoms with Gasteiger partial charge in [0.2, 0.25) is 5.78 Å². The molecular weight excluding hydrogens is 280 g/mol. The summed E-state index contributed by atoms with van der Waals surface area (Å²) in [6, 6.07) is 5.14. The van der Waals surface area contributed by atoms with Crippen molar-refractivity contribution in [2.24, 2.45) is 0 Å². The molecule has 0 aliphatic carbocycles. The summed E-state index contributed by atoms with van der Waals surface area (Å²) < 4.78 is 12.0. The van der Waals surface area contributed by atoms with Gasteiger partial charge in [-0.15, -0.1) is 0 Å². The third kappa shape index (κ3) is 2.36. The number of halogens is 1. The summed E-state index contributed by atoms with van der Waals surface area (Å²) >= 11 is 6.06. The number of hydrogen-bond donors (Lipinski definition) is 0. The summed E-state index contributed by atoms with van der Waals surface area (Å²) in [4.78, 5) is 12.7. The highest BCUT2D eigenvalue weighted by molar-refractivity contribution is 6.34. The van der Waals surface area contributed by atoms with E-state index < -0.39 is 0 Å². The van der Waals surface area contributed by atoms with Crippen molar-refractivity contribution in [2.45, 2.75) is 13.5 Å². The van der Waals surface area contributed by atoms with Crippen molar-refractivity contribution in [3.05, 3.63) is 40.7 Å². The summed E-state index contributed by atoms with van der Waals surface area (Å²) in [5.41, 5.74) is 0.740. The van der Waals surface area contributed by atoms with Gasteiger partial charge in [-0.3, -0.25) is 9.48 Å². The Morgan fingerprint density at radius 3 is 2.70 bits per heavy atom. The number of ketones is 1. The minimum atomic E-state index is -0.245. The molecule has 2 aromatic rings. The molecule has 5 nitrogen and oxygen atoms in total. The van der Waals surface area contributed by atoms with Crippen molar-refractivity contribution in [3.8, 4) is 11.5 Å². The van der Waals surface area contributed by atoms with Gasteiger partial charge >= 0.3 is 0 Å². The third-order valence-electron chi connectivity index (χ3n) is 2.96. The zero-order valence-electron chi connectivity index (χ0n) is 11.5. The van der Waals surface area contributed by atoms with Crippen LogP contribution in [0.5, 0.6) is 11.5 Å². The third-order valence-corrected chi connectivity index (χ3v) is 3.23. The quantitative estimate of drug-likeness (QED) is 0.796. The fraction of sp³-hybridized carbons (Fsp3) is 0.286. The Morgan fingerprint density at radius 2 is 2.10 bits per heavy atom. The molecule has 0 spiro atoms. The van der Waals surface area contributed by atoms with E-state index in [4.69, 9.17) is 21.1 Å². The summed E-state index contributed by atoms with van der Waals surface area (Å²) in [5, 5.41) is 4.39. The van der Waals surface area contributed by atoms with Crippen molar-refractivity contribution in [1.29, 1.82) is 0 Å². The minimum absolute atomic E-state index is 0.245. The molecule has 0 N–H and O–H groups in total. The lowest BCUT2D eigenvalue weighted by molar-refractivity contribution is 0.102. The highest BCUT2D eigenvalue weighted by Gasteiger charge is 2.23. The lowest BCUT2D eigenvalue weighted by Crippen LogP contribution is -2.12. The van der Waals surface area contributed by atoms with Crippen molar-refractivity contribution in [1.82, 2.24) is 9.78 Å². The number of hydrogen-bond acceptors (Lipinski definition) is 4. The van der Waals surface area contributed by atoms with Gasteiger partial charge < -0.3 is 9.47 Å². The molecule has 0 aliphatic rings. The standard InChI is InChI=1S/C14H15ClN2O3/c1-4-17-12(10(15)8-16-17)13(18)9-6-5-7-11(19-2)14(9)20-3/h5-8H,4H2,1-3H3. The van der Waals surface area contributed by atoms with Gasteiger partial charge in [0, 0.05) is 6.54 Å². The maximum atomic E-state index is 12.7. The van der Waals surface area contributed by atoms with Gasteiger partial charge in [0.15, 0.2) is 11.5 Å². The highest BCUT2D eigenvalue weighted by atomic mass is 35.5. The van der Waals surface area contributed by atoms with Crippen molar-refractivity contribution >= 4 is 17.4 Å². The molecule has 6 heteroatoms. The van der Waals surface area contributed by atoms with E-state index in [2.05, 4.69) is 5.10 Å². The molecule has 0 atom stereocenters. The highest BCUT2D eigenvalue weighted by Crippen LogP contribution is 2.33. The molecule has 0 radical (unpaired) electrons. The molecule has 0 amide bonds. The van der Waals surface area contributed by atoms with Crippen LogP contribution in [-0.2, 0) is 6.54 Å². The van der Waals surface area contributed by atoms with Gasteiger partial charge in [-0.25, -0.2) is 0 Å². The summed E-state index contributed by atoms with van der Waals surface area (Å²) in [6.07, 6.45) is 1.46. The molecule has 1 aromatic heterocycles. The van der Waals surface area contributed by atoms with Crippen LogP contribution in [0.2, 0.25) is 5.02 Å². The summed E-state index contributed by atoms with van der Waals surface area (Å²) in [5.74, 6) is 0.641. The largest absolute Gasteiger partial charge is 0.493 e. The average Bonchev–Trinajstić information content (AvgIpc) is 2.86. The van der Waals surface area contributed by atoms with Gasteiger partial charge in [0.05, 0.1) is 31.0 Å². The second-order valence-electron chi connectivity index (χ2n) is 4.03. The smallest absolute Gasteiger partial charge is 0.216 e. The van der Waals surface area contributed by atoms with Crippen molar-refractivity contribution in [3.63, 3.8) is 0 Å². The van der Waals surface area contributed by atoms with Crippen LogP contribution in [0, 0.1) is 0 Å². The first kappa shape index (κ1) is 14.4. The number of ether oxygens (including phenoxy) is 2. The van der Waals surface area contributed by atoms with Crippen LogP contribution < -0.4 is 9.47 Å². The summed E-state index contributed by atoms with van der Waals surface area (Å²) in [6.45, 7) is 2.45. The molecule has 0 bridgehead atoms. The predicted octanol–water partition coefficient (Wildman–Crippen LogP) is 2.80. The summed E-state index contributed by atoms with van der Waals surface area (Å²) in [7, 11) is 3.02.